The first kappa shape index (κ1) is 26.0. The van der Waals surface area contributed by atoms with Crippen molar-refractivity contribution in [3.63, 3.8) is 0 Å². The van der Waals surface area contributed by atoms with Crippen LogP contribution in [0.25, 0.3) is 11.5 Å². The molecule has 2 heterocycles. The van der Waals surface area contributed by atoms with Gasteiger partial charge in [-0.2, -0.15) is 10.5 Å². The van der Waals surface area contributed by atoms with E-state index in [-0.39, 0.29) is 23.4 Å². The van der Waals surface area contributed by atoms with Crippen molar-refractivity contribution in [3.8, 4) is 23.6 Å². The zero-order valence-electron chi connectivity index (χ0n) is 21.4. The lowest BCUT2D eigenvalue weighted by Gasteiger charge is -2.50. The number of nitrogens with one attached hydrogen (secondary N) is 1. The van der Waals surface area contributed by atoms with Crippen LogP contribution < -0.4 is 5.76 Å². The molecule has 1 aliphatic rings. The molecule has 7 nitrogen and oxygen atoms in total. The third-order valence-corrected chi connectivity index (χ3v) is 7.17. The van der Waals surface area contributed by atoms with Gasteiger partial charge in [-0.3, -0.25) is 4.90 Å². The Morgan fingerprint density at radius 1 is 1.00 bits per heavy atom. The van der Waals surface area contributed by atoms with Crippen molar-refractivity contribution >= 4 is 0 Å². The first-order chi connectivity index (χ1) is 18.7. The molecule has 0 aliphatic carbocycles. The molecule has 0 saturated carbocycles. The molecule has 5 rings (SSSR count). The van der Waals surface area contributed by atoms with Crippen molar-refractivity contribution in [1.82, 2.24) is 15.1 Å². The van der Waals surface area contributed by atoms with Crippen molar-refractivity contribution in [2.24, 2.45) is 5.92 Å². The monoisotopic (exact) mass is 525 g/mol. The maximum absolute atomic E-state index is 15.6. The maximum Gasteiger partial charge on any atom is 0.434 e. The summed E-state index contributed by atoms with van der Waals surface area (Å²) in [6.07, 6.45) is 0. The van der Waals surface area contributed by atoms with Gasteiger partial charge >= 0.3 is 5.76 Å². The number of rotatable bonds is 7. The fraction of sp³-hybridized carbons (Fsp3) is 0.267. The van der Waals surface area contributed by atoms with Gasteiger partial charge in [-0.05, 0) is 78.9 Å². The first-order valence-corrected chi connectivity index (χ1v) is 12.5. The second-order valence-corrected chi connectivity index (χ2v) is 10.3. The number of nitrogens with zero attached hydrogens (tertiary/aromatic N) is 4. The van der Waals surface area contributed by atoms with E-state index in [1.807, 2.05) is 36.4 Å². The molecule has 0 amide bonds. The maximum atomic E-state index is 15.6. The van der Waals surface area contributed by atoms with E-state index in [0.29, 0.717) is 29.8 Å². The molecule has 39 heavy (non-hydrogen) atoms. The van der Waals surface area contributed by atoms with E-state index in [4.69, 9.17) is 4.42 Å². The summed E-state index contributed by atoms with van der Waals surface area (Å²) in [6.45, 7) is 4.00. The van der Waals surface area contributed by atoms with Crippen molar-refractivity contribution < 1.29 is 13.2 Å². The SMILES string of the molecule is CC(C)(F)C(c1cc(F)cc(C#N)c1)C1CN(C(c2ccc(C#N)cc2)c2cccc(-c3n[nH]c(=O)o3)c2)C1. The molecule has 0 radical (unpaired) electrons. The molecular formula is C30H25F2N5O2. The summed E-state index contributed by atoms with van der Waals surface area (Å²) in [5.41, 5.74) is 1.95. The van der Waals surface area contributed by atoms with Crippen LogP contribution in [0.3, 0.4) is 0 Å². The summed E-state index contributed by atoms with van der Waals surface area (Å²) >= 11 is 0. The van der Waals surface area contributed by atoms with Crippen molar-refractivity contribution in [1.29, 1.82) is 10.5 Å². The normalized spacial score (nSPS) is 15.6. The van der Waals surface area contributed by atoms with Crippen molar-refractivity contribution in [2.45, 2.75) is 31.5 Å². The topological polar surface area (TPSA) is 110 Å². The Balaban J connectivity index is 1.49. The quantitative estimate of drug-likeness (QED) is 0.343. The van der Waals surface area contributed by atoms with E-state index in [1.165, 1.54) is 19.9 Å². The predicted octanol–water partition coefficient (Wildman–Crippen LogP) is 5.47. The van der Waals surface area contributed by atoms with Gasteiger partial charge in [0.2, 0.25) is 5.89 Å². The molecule has 2 unspecified atom stereocenters. The van der Waals surface area contributed by atoms with Crippen LogP contribution in [0.2, 0.25) is 0 Å². The van der Waals surface area contributed by atoms with Crippen molar-refractivity contribution in [2.75, 3.05) is 13.1 Å². The molecule has 1 fully saturated rings. The van der Waals surface area contributed by atoms with Crippen LogP contribution in [-0.4, -0.2) is 33.9 Å². The van der Waals surface area contributed by atoms with Crippen LogP contribution in [0.15, 0.2) is 75.9 Å². The Morgan fingerprint density at radius 3 is 2.33 bits per heavy atom. The number of aromatic amines is 1. The zero-order valence-corrected chi connectivity index (χ0v) is 21.4. The molecule has 0 bridgehead atoms. The van der Waals surface area contributed by atoms with Gasteiger partial charge in [0.05, 0.1) is 29.3 Å². The summed E-state index contributed by atoms with van der Waals surface area (Å²) in [6, 6.07) is 22.6. The number of hydrogen-bond donors (Lipinski definition) is 1. The molecule has 1 N–H and O–H groups in total. The largest absolute Gasteiger partial charge is 0.434 e. The summed E-state index contributed by atoms with van der Waals surface area (Å²) < 4.78 is 35.0. The average Bonchev–Trinajstić information content (AvgIpc) is 3.33. The molecule has 0 spiro atoms. The molecular weight excluding hydrogens is 500 g/mol. The van der Waals surface area contributed by atoms with E-state index < -0.39 is 23.2 Å². The number of aromatic nitrogens is 2. The minimum Gasteiger partial charge on any atom is -0.388 e. The number of alkyl halides is 1. The van der Waals surface area contributed by atoms with Crippen LogP contribution >= 0.6 is 0 Å². The highest BCUT2D eigenvalue weighted by atomic mass is 19.1. The van der Waals surface area contributed by atoms with E-state index in [0.717, 1.165) is 17.2 Å². The fourth-order valence-electron chi connectivity index (χ4n) is 5.61. The first-order valence-electron chi connectivity index (χ1n) is 12.5. The van der Waals surface area contributed by atoms with Crippen LogP contribution in [-0.2, 0) is 0 Å². The van der Waals surface area contributed by atoms with Crippen LogP contribution in [0.4, 0.5) is 8.78 Å². The lowest BCUT2D eigenvalue weighted by molar-refractivity contribution is 0.00813. The fourth-order valence-corrected chi connectivity index (χ4v) is 5.61. The van der Waals surface area contributed by atoms with Crippen molar-refractivity contribution in [3.05, 3.63) is 111 Å². The van der Waals surface area contributed by atoms with Crippen LogP contribution in [0, 0.1) is 34.4 Å². The Morgan fingerprint density at radius 2 is 1.72 bits per heavy atom. The highest BCUT2D eigenvalue weighted by Crippen LogP contribution is 2.45. The predicted molar refractivity (Wildman–Crippen MR) is 140 cm³/mol. The molecule has 2 atom stereocenters. The average molecular weight is 526 g/mol. The summed E-state index contributed by atoms with van der Waals surface area (Å²) in [5.74, 6) is -1.80. The molecule has 9 heteroatoms. The number of nitriles is 2. The third-order valence-electron chi connectivity index (χ3n) is 7.17. The minimum absolute atomic E-state index is 0.133. The molecule has 4 aromatic rings. The summed E-state index contributed by atoms with van der Waals surface area (Å²) in [7, 11) is 0. The number of likely N-dealkylation sites (tertiary alicyclic amines) is 1. The molecule has 196 valence electrons. The number of benzene rings is 3. The van der Waals surface area contributed by atoms with Gasteiger partial charge in [-0.25, -0.2) is 18.7 Å². The highest BCUT2D eigenvalue weighted by molar-refractivity contribution is 5.55. The van der Waals surface area contributed by atoms with Gasteiger partial charge < -0.3 is 4.42 Å². The van der Waals surface area contributed by atoms with E-state index >= 15 is 4.39 Å². The van der Waals surface area contributed by atoms with E-state index in [9.17, 15) is 19.7 Å². The van der Waals surface area contributed by atoms with Gasteiger partial charge in [-0.1, -0.05) is 24.3 Å². The molecule has 1 saturated heterocycles. The number of halogens is 2. The Bertz CT molecular complexity index is 1630. The number of H-pyrrole nitrogens is 1. The lowest BCUT2D eigenvalue weighted by atomic mass is 9.72. The van der Waals surface area contributed by atoms with Crippen LogP contribution in [0.1, 0.15) is 53.6 Å². The van der Waals surface area contributed by atoms with Crippen LogP contribution in [0.5, 0.6) is 0 Å². The lowest BCUT2D eigenvalue weighted by Crippen LogP contribution is -2.53. The Labute approximate surface area is 223 Å². The molecule has 3 aromatic carbocycles. The van der Waals surface area contributed by atoms with Gasteiger partial charge in [-0.15, -0.1) is 5.10 Å². The van der Waals surface area contributed by atoms with E-state index in [1.54, 1.807) is 24.3 Å². The highest BCUT2D eigenvalue weighted by Gasteiger charge is 2.45. The molecule has 1 aromatic heterocycles. The van der Waals surface area contributed by atoms with Gasteiger partial charge in [0.1, 0.15) is 11.5 Å². The minimum atomic E-state index is -1.65. The standard InChI is InChI=1S/C30H25F2N5O2/c1-30(2,32)26(23-10-19(15-34)11-25(31)13-23)24-16-37(17-24)27(20-8-6-18(14-33)7-9-20)21-4-3-5-22(12-21)28-35-36-29(38)39-28/h3-13,24,26-27H,16-17H2,1-2H3,(H,36,38). The Kier molecular flexibility index (Phi) is 6.86. The van der Waals surface area contributed by atoms with Gasteiger partial charge in [0.15, 0.2) is 0 Å². The smallest absolute Gasteiger partial charge is 0.388 e. The summed E-state index contributed by atoms with van der Waals surface area (Å²) in [4.78, 5) is 13.7. The zero-order chi connectivity index (χ0) is 27.7. The second kappa shape index (κ2) is 10.3. The number of hydrogen-bond acceptors (Lipinski definition) is 6. The second-order valence-electron chi connectivity index (χ2n) is 10.3. The summed E-state index contributed by atoms with van der Waals surface area (Å²) in [5, 5.41) is 24.8. The Hall–Kier alpha value is -4.60. The third kappa shape index (κ3) is 5.36. The van der Waals surface area contributed by atoms with Gasteiger partial charge in [0.25, 0.3) is 0 Å². The van der Waals surface area contributed by atoms with E-state index in [2.05, 4.69) is 21.2 Å². The van der Waals surface area contributed by atoms with Gasteiger partial charge in [0, 0.05) is 24.6 Å². The molecule has 1 aliphatic heterocycles.